The number of nitrogens with zero attached hydrogens (tertiary/aromatic N) is 3. The predicted molar refractivity (Wildman–Crippen MR) is 88.3 cm³/mol. The number of nitro benzene ring substituents is 1. The average molecular weight is 328 g/mol. The maximum atomic E-state index is 12.0. The van der Waals surface area contributed by atoms with Crippen molar-refractivity contribution in [3.8, 4) is 5.75 Å². The summed E-state index contributed by atoms with van der Waals surface area (Å²) in [5.41, 5.74) is 4.34. The molecule has 8 nitrogen and oxygen atoms in total. The lowest BCUT2D eigenvalue weighted by atomic mass is 10.1. The molecule has 0 atom stereocenters. The summed E-state index contributed by atoms with van der Waals surface area (Å²) in [7, 11) is 1.36. The largest absolute Gasteiger partial charge is 0.490 e. The molecule has 2 aromatic rings. The second-order valence-electron chi connectivity index (χ2n) is 4.97. The molecular weight excluding hydrogens is 312 g/mol. The van der Waals surface area contributed by atoms with Crippen LogP contribution in [0.25, 0.3) is 0 Å². The molecule has 24 heavy (non-hydrogen) atoms. The molecule has 0 saturated carbocycles. The molecule has 1 amide bonds. The molecule has 0 bridgehead atoms. The highest BCUT2D eigenvalue weighted by Crippen LogP contribution is 2.27. The number of nitrogens with one attached hydrogen (secondary N) is 1. The number of nitro groups is 1. The Kier molecular flexibility index (Phi) is 5.20. The standard InChI is InChI=1S/C16H16N4O4/c1-10-4-5-13(9-17-10)16(21)19-18-11(2)12-6-7-15(24-3)14(8-12)20(22)23/h4-9H,1-3H3,(H,19,21)/b18-11-. The van der Waals surface area contributed by atoms with Gasteiger partial charge >= 0.3 is 5.69 Å². The maximum absolute atomic E-state index is 12.0. The quantitative estimate of drug-likeness (QED) is 0.515. The second kappa shape index (κ2) is 7.32. The van der Waals surface area contributed by atoms with E-state index in [-0.39, 0.29) is 11.4 Å². The van der Waals surface area contributed by atoms with Crippen molar-refractivity contribution in [1.29, 1.82) is 0 Å². The van der Waals surface area contributed by atoms with Crippen LogP contribution in [0.3, 0.4) is 0 Å². The van der Waals surface area contributed by atoms with Gasteiger partial charge in [0.1, 0.15) is 0 Å². The Morgan fingerprint density at radius 1 is 1.29 bits per heavy atom. The van der Waals surface area contributed by atoms with Gasteiger partial charge in [-0.25, -0.2) is 5.43 Å². The number of hydrogen-bond donors (Lipinski definition) is 1. The zero-order valence-corrected chi connectivity index (χ0v) is 13.4. The normalized spacial score (nSPS) is 11.0. The van der Waals surface area contributed by atoms with Gasteiger partial charge in [0.15, 0.2) is 5.75 Å². The molecule has 0 unspecified atom stereocenters. The molecule has 0 radical (unpaired) electrons. The van der Waals surface area contributed by atoms with Gasteiger partial charge in [-0.05, 0) is 38.1 Å². The molecule has 0 spiro atoms. The van der Waals surface area contributed by atoms with Crippen molar-refractivity contribution >= 4 is 17.3 Å². The van der Waals surface area contributed by atoms with Gasteiger partial charge < -0.3 is 4.74 Å². The Labute approximate surface area is 138 Å². The van der Waals surface area contributed by atoms with E-state index in [2.05, 4.69) is 15.5 Å². The van der Waals surface area contributed by atoms with E-state index < -0.39 is 10.8 Å². The van der Waals surface area contributed by atoms with Crippen LogP contribution in [0.15, 0.2) is 41.6 Å². The SMILES string of the molecule is COc1ccc(/C(C)=N\NC(=O)c2ccc(C)nc2)cc1[N+](=O)[O-]. The van der Waals surface area contributed by atoms with Crippen molar-refractivity contribution in [2.75, 3.05) is 7.11 Å². The molecule has 1 N–H and O–H groups in total. The molecular formula is C16H16N4O4. The number of ether oxygens (including phenoxy) is 1. The molecule has 124 valence electrons. The highest BCUT2D eigenvalue weighted by Gasteiger charge is 2.16. The monoisotopic (exact) mass is 328 g/mol. The minimum atomic E-state index is -0.536. The summed E-state index contributed by atoms with van der Waals surface area (Å²) in [5, 5.41) is 15.0. The average Bonchev–Trinajstić information content (AvgIpc) is 2.59. The number of carbonyl (C=O) groups excluding carboxylic acids is 1. The van der Waals surface area contributed by atoms with Gasteiger partial charge in [0, 0.05) is 23.5 Å². The van der Waals surface area contributed by atoms with Crippen LogP contribution in [-0.4, -0.2) is 28.6 Å². The van der Waals surface area contributed by atoms with Crippen molar-refractivity contribution in [2.24, 2.45) is 5.10 Å². The molecule has 1 aromatic heterocycles. The van der Waals surface area contributed by atoms with E-state index in [1.54, 1.807) is 25.1 Å². The smallest absolute Gasteiger partial charge is 0.311 e. The van der Waals surface area contributed by atoms with Crippen molar-refractivity contribution in [3.63, 3.8) is 0 Å². The predicted octanol–water partition coefficient (Wildman–Crippen LogP) is 2.46. The number of methoxy groups -OCH3 is 1. The van der Waals surface area contributed by atoms with Crippen molar-refractivity contribution in [3.05, 3.63) is 63.5 Å². The van der Waals surface area contributed by atoms with Crippen LogP contribution in [0, 0.1) is 17.0 Å². The summed E-state index contributed by atoms with van der Waals surface area (Å²) in [6, 6.07) is 7.82. The fourth-order valence-corrected chi connectivity index (χ4v) is 1.92. The molecule has 1 aromatic carbocycles. The Bertz CT molecular complexity index is 800. The van der Waals surface area contributed by atoms with E-state index in [0.29, 0.717) is 16.8 Å². The number of hydrogen-bond acceptors (Lipinski definition) is 6. The third kappa shape index (κ3) is 3.92. The number of amides is 1. The first kappa shape index (κ1) is 17.1. The summed E-state index contributed by atoms with van der Waals surface area (Å²) >= 11 is 0. The minimum absolute atomic E-state index is 0.159. The number of aromatic nitrogens is 1. The molecule has 0 aliphatic rings. The first-order valence-electron chi connectivity index (χ1n) is 7.02. The molecule has 0 aliphatic heterocycles. The van der Waals surface area contributed by atoms with Crippen LogP contribution < -0.4 is 10.2 Å². The van der Waals surface area contributed by atoms with Crippen LogP contribution in [0.2, 0.25) is 0 Å². The van der Waals surface area contributed by atoms with E-state index in [1.165, 1.54) is 25.4 Å². The zero-order chi connectivity index (χ0) is 17.7. The highest BCUT2D eigenvalue weighted by atomic mass is 16.6. The lowest BCUT2D eigenvalue weighted by molar-refractivity contribution is -0.385. The van der Waals surface area contributed by atoms with E-state index >= 15 is 0 Å². The third-order valence-corrected chi connectivity index (χ3v) is 3.29. The number of hydrazone groups is 1. The summed E-state index contributed by atoms with van der Waals surface area (Å²) in [6.45, 7) is 3.46. The van der Waals surface area contributed by atoms with Gasteiger partial charge in [-0.15, -0.1) is 0 Å². The first-order chi connectivity index (χ1) is 11.4. The van der Waals surface area contributed by atoms with Crippen LogP contribution in [0.5, 0.6) is 5.75 Å². The van der Waals surface area contributed by atoms with Gasteiger partial charge in [-0.3, -0.25) is 19.9 Å². The van der Waals surface area contributed by atoms with Crippen molar-refractivity contribution < 1.29 is 14.5 Å². The number of benzene rings is 1. The lowest BCUT2D eigenvalue weighted by Gasteiger charge is -2.05. The van der Waals surface area contributed by atoms with E-state index in [4.69, 9.17) is 4.74 Å². The van der Waals surface area contributed by atoms with E-state index in [1.807, 2.05) is 6.92 Å². The number of rotatable bonds is 5. The molecule has 0 fully saturated rings. The number of aryl methyl sites for hydroxylation is 1. The maximum Gasteiger partial charge on any atom is 0.311 e. The Morgan fingerprint density at radius 3 is 2.58 bits per heavy atom. The third-order valence-electron chi connectivity index (χ3n) is 3.29. The van der Waals surface area contributed by atoms with Crippen LogP contribution in [-0.2, 0) is 0 Å². The van der Waals surface area contributed by atoms with Gasteiger partial charge in [-0.2, -0.15) is 5.10 Å². The van der Waals surface area contributed by atoms with Crippen LogP contribution >= 0.6 is 0 Å². The molecule has 0 saturated heterocycles. The Morgan fingerprint density at radius 2 is 2.00 bits per heavy atom. The van der Waals surface area contributed by atoms with Crippen molar-refractivity contribution in [1.82, 2.24) is 10.4 Å². The van der Waals surface area contributed by atoms with Crippen LogP contribution in [0.1, 0.15) is 28.5 Å². The summed E-state index contributed by atoms with van der Waals surface area (Å²) in [6.07, 6.45) is 1.45. The zero-order valence-electron chi connectivity index (χ0n) is 13.4. The van der Waals surface area contributed by atoms with Crippen molar-refractivity contribution in [2.45, 2.75) is 13.8 Å². The summed E-state index contributed by atoms with van der Waals surface area (Å²) in [4.78, 5) is 26.5. The Hall–Kier alpha value is -3.29. The van der Waals surface area contributed by atoms with Gasteiger partial charge in [0.05, 0.1) is 23.3 Å². The van der Waals surface area contributed by atoms with Gasteiger partial charge in [-0.1, -0.05) is 0 Å². The summed E-state index contributed by atoms with van der Waals surface area (Å²) in [5.74, 6) is -0.254. The molecule has 8 heteroatoms. The first-order valence-corrected chi connectivity index (χ1v) is 7.02. The Balaban J connectivity index is 2.18. The van der Waals surface area contributed by atoms with E-state index in [0.717, 1.165) is 5.69 Å². The molecule has 2 rings (SSSR count). The highest BCUT2D eigenvalue weighted by molar-refractivity contribution is 6.01. The van der Waals surface area contributed by atoms with Crippen LogP contribution in [0.4, 0.5) is 5.69 Å². The van der Waals surface area contributed by atoms with E-state index in [9.17, 15) is 14.9 Å². The lowest BCUT2D eigenvalue weighted by Crippen LogP contribution is -2.19. The minimum Gasteiger partial charge on any atom is -0.490 e. The molecule has 1 heterocycles. The fourth-order valence-electron chi connectivity index (χ4n) is 1.92. The van der Waals surface area contributed by atoms with Gasteiger partial charge in [0.2, 0.25) is 0 Å². The molecule has 0 aliphatic carbocycles. The second-order valence-corrected chi connectivity index (χ2v) is 4.97. The number of carbonyl (C=O) groups is 1. The topological polar surface area (TPSA) is 107 Å². The fraction of sp³-hybridized carbons (Fsp3) is 0.188. The number of pyridine rings is 1. The summed E-state index contributed by atoms with van der Waals surface area (Å²) < 4.78 is 4.95. The van der Waals surface area contributed by atoms with Gasteiger partial charge in [0.25, 0.3) is 5.91 Å².